The fourth-order valence-electron chi connectivity index (χ4n) is 7.48. The van der Waals surface area contributed by atoms with Crippen molar-refractivity contribution in [3.8, 4) is 5.75 Å². The first-order valence-corrected chi connectivity index (χ1v) is 23.2. The molecule has 2 aromatic rings. The Morgan fingerprint density at radius 3 is 2.27 bits per heavy atom. The smallest absolute Gasteiger partial charge is 0.426 e. The third-order valence-corrected chi connectivity index (χ3v) is 12.3. The number of likely N-dealkylation sites (tertiary alicyclic amines) is 1. The molecule has 18 nitrogen and oxygen atoms in total. The lowest BCUT2D eigenvalue weighted by molar-refractivity contribution is -0.160. The van der Waals surface area contributed by atoms with E-state index in [0.717, 1.165) is 36.3 Å². The molecule has 5 N–H and O–H groups in total. The van der Waals surface area contributed by atoms with Crippen LogP contribution in [0.4, 0.5) is 4.79 Å². The van der Waals surface area contributed by atoms with Gasteiger partial charge in [0.1, 0.15) is 22.5 Å². The maximum Gasteiger partial charge on any atom is 0.426 e. The molecule has 0 radical (unpaired) electrons. The van der Waals surface area contributed by atoms with Crippen molar-refractivity contribution in [3.63, 3.8) is 0 Å². The van der Waals surface area contributed by atoms with Crippen molar-refractivity contribution in [3.05, 3.63) is 45.9 Å². The summed E-state index contributed by atoms with van der Waals surface area (Å²) in [6.45, 7) is 14.4. The van der Waals surface area contributed by atoms with Crippen LogP contribution in [0.15, 0.2) is 29.6 Å². The van der Waals surface area contributed by atoms with Crippen molar-refractivity contribution in [2.45, 2.75) is 143 Å². The Morgan fingerprint density at radius 1 is 0.953 bits per heavy atom. The predicted octanol–water partition coefficient (Wildman–Crippen LogP) is 5.16. The van der Waals surface area contributed by atoms with Gasteiger partial charge in [-0.3, -0.25) is 39.1 Å². The number of benzene rings is 1. The van der Waals surface area contributed by atoms with E-state index in [-0.39, 0.29) is 72.5 Å². The third-order valence-electron chi connectivity index (χ3n) is 11.3. The van der Waals surface area contributed by atoms with Gasteiger partial charge in [0, 0.05) is 43.1 Å². The van der Waals surface area contributed by atoms with Gasteiger partial charge in [0.05, 0.1) is 12.6 Å². The third kappa shape index (κ3) is 16.7. The zero-order valence-corrected chi connectivity index (χ0v) is 39.6. The maximum absolute atomic E-state index is 14.8. The standard InChI is InChI=1S/C45H69N7O11S/c1-10-15-38(55)62-26-52(44(59)39(28(6)11-2)48-42(58)35-16-13-14-21-51(35)9)36(27(4)5)24-37(63-30(8)53)43-47-34(25-64-43)41(57)46-32(23-31-17-19-33(54)20-18-31)22-29(7)40(56)49-50-45(60)61-12-3/h17-20,25,27-29,32,35-37,39,54H,10-16,21-24,26H2,1-9H3,(H,46,57)(H,48,58)(H,49,56)(H,50,60)/t28?,29-,32+,35+,36+,37+,39-/m0/s1. The van der Waals surface area contributed by atoms with E-state index in [0.29, 0.717) is 19.3 Å². The SMILES string of the molecule is CCCC(=O)OCN(C(=O)[C@@H](NC(=O)[C@H]1CCCCN1C)C(C)CC)[C@H](C[C@@H](OC(C)=O)c1nc(C(=O)N[C@@H](Cc2ccc(O)cc2)C[C@H](C)C(=O)NNC(=O)OCC)cs1)C(C)C. The van der Waals surface area contributed by atoms with Crippen molar-refractivity contribution in [2.75, 3.05) is 26.9 Å². The number of rotatable bonds is 23. The highest BCUT2D eigenvalue weighted by molar-refractivity contribution is 7.09. The molecular formula is C45H69N7O11S. The number of esters is 2. The van der Waals surface area contributed by atoms with Crippen molar-refractivity contribution in [1.29, 1.82) is 0 Å². The maximum atomic E-state index is 14.8. The molecule has 19 heteroatoms. The normalized spacial score (nSPS) is 16.8. The van der Waals surface area contributed by atoms with Crippen LogP contribution in [0.3, 0.4) is 0 Å². The molecule has 1 aromatic carbocycles. The number of phenols is 1. The molecule has 1 saturated heterocycles. The number of hydrazine groups is 1. The van der Waals surface area contributed by atoms with Crippen LogP contribution in [0, 0.1) is 17.8 Å². The van der Waals surface area contributed by atoms with Crippen LogP contribution in [0.1, 0.15) is 134 Å². The van der Waals surface area contributed by atoms with Crippen molar-refractivity contribution >= 4 is 53.0 Å². The number of aromatic nitrogens is 1. The Morgan fingerprint density at radius 2 is 1.66 bits per heavy atom. The number of aromatic hydroxyl groups is 1. The average Bonchev–Trinajstić information content (AvgIpc) is 3.75. The van der Waals surface area contributed by atoms with Gasteiger partial charge < -0.3 is 34.9 Å². The van der Waals surface area contributed by atoms with E-state index < -0.39 is 72.6 Å². The lowest BCUT2D eigenvalue weighted by Gasteiger charge is -2.39. The molecule has 7 atom stereocenters. The average molecular weight is 916 g/mol. The highest BCUT2D eigenvalue weighted by atomic mass is 32.1. The van der Waals surface area contributed by atoms with Gasteiger partial charge in [-0.25, -0.2) is 15.2 Å². The Balaban J connectivity index is 1.94. The number of thiazole rings is 1. The highest BCUT2D eigenvalue weighted by Crippen LogP contribution is 2.32. The summed E-state index contributed by atoms with van der Waals surface area (Å²) in [5.41, 5.74) is 5.30. The summed E-state index contributed by atoms with van der Waals surface area (Å²) in [6.07, 6.45) is 2.39. The lowest BCUT2D eigenvalue weighted by atomic mass is 9.92. The number of piperidine rings is 1. The molecule has 0 saturated carbocycles. The number of hydrogen-bond donors (Lipinski definition) is 5. The second-order valence-electron chi connectivity index (χ2n) is 16.8. The molecule has 1 aliphatic heterocycles. The van der Waals surface area contributed by atoms with Crippen molar-refractivity contribution in [1.82, 2.24) is 36.3 Å². The Hall–Kier alpha value is -5.30. The number of nitrogens with zero attached hydrogens (tertiary/aromatic N) is 3. The van der Waals surface area contributed by atoms with Gasteiger partial charge >= 0.3 is 18.0 Å². The molecule has 64 heavy (non-hydrogen) atoms. The monoisotopic (exact) mass is 915 g/mol. The zero-order valence-electron chi connectivity index (χ0n) is 38.8. The van der Waals surface area contributed by atoms with Crippen LogP contribution >= 0.6 is 11.3 Å². The summed E-state index contributed by atoms with van der Waals surface area (Å²) >= 11 is 1.09. The summed E-state index contributed by atoms with van der Waals surface area (Å²) in [6, 6.07) is 3.77. The zero-order chi connectivity index (χ0) is 47.5. The molecule has 1 fully saturated rings. The van der Waals surface area contributed by atoms with Gasteiger partial charge in [-0.05, 0) is 82.2 Å². The van der Waals surface area contributed by atoms with Crippen molar-refractivity contribution in [2.24, 2.45) is 17.8 Å². The van der Waals surface area contributed by atoms with E-state index in [1.165, 1.54) is 29.3 Å². The number of likely N-dealkylation sites (N-methyl/N-ethyl adjacent to an activating group) is 1. The van der Waals surface area contributed by atoms with E-state index in [1.807, 2.05) is 46.6 Å². The fraction of sp³-hybridized carbons (Fsp3) is 0.644. The first-order valence-electron chi connectivity index (χ1n) is 22.3. The van der Waals surface area contributed by atoms with E-state index in [4.69, 9.17) is 14.2 Å². The molecule has 0 aliphatic carbocycles. The molecule has 0 bridgehead atoms. The molecule has 356 valence electrons. The van der Waals surface area contributed by atoms with Crippen LogP contribution in [-0.2, 0) is 44.6 Å². The van der Waals surface area contributed by atoms with Gasteiger partial charge in [-0.1, -0.05) is 66.5 Å². The first kappa shape index (κ1) is 53.0. The van der Waals surface area contributed by atoms with Crippen LogP contribution < -0.4 is 21.5 Å². The Labute approximate surface area is 380 Å². The molecule has 0 spiro atoms. The van der Waals surface area contributed by atoms with Crippen LogP contribution in [0.25, 0.3) is 0 Å². The quantitative estimate of drug-likeness (QED) is 0.0420. The van der Waals surface area contributed by atoms with E-state index >= 15 is 0 Å². The number of ether oxygens (including phenoxy) is 3. The highest BCUT2D eigenvalue weighted by Gasteiger charge is 2.39. The van der Waals surface area contributed by atoms with Gasteiger partial charge in [-0.2, -0.15) is 0 Å². The minimum Gasteiger partial charge on any atom is -0.508 e. The van der Waals surface area contributed by atoms with Crippen LogP contribution in [0.5, 0.6) is 5.75 Å². The number of hydrogen-bond acceptors (Lipinski definition) is 14. The molecule has 1 unspecified atom stereocenters. The topological polar surface area (TPSA) is 235 Å². The predicted molar refractivity (Wildman–Crippen MR) is 239 cm³/mol. The second-order valence-corrected chi connectivity index (χ2v) is 17.7. The molecule has 3 rings (SSSR count). The summed E-state index contributed by atoms with van der Waals surface area (Å²) < 4.78 is 16.3. The minimum absolute atomic E-state index is 0.0173. The lowest BCUT2D eigenvalue weighted by Crippen LogP contribution is -2.59. The summed E-state index contributed by atoms with van der Waals surface area (Å²) in [7, 11) is 1.90. The first-order chi connectivity index (χ1) is 30.4. The van der Waals surface area contributed by atoms with Crippen LogP contribution in [0.2, 0.25) is 0 Å². The molecular weight excluding hydrogens is 847 g/mol. The second kappa shape index (κ2) is 26.5. The summed E-state index contributed by atoms with van der Waals surface area (Å²) in [5.74, 6) is -4.07. The Bertz CT molecular complexity index is 1860. The van der Waals surface area contributed by atoms with Gasteiger partial charge in [0.25, 0.3) is 5.91 Å². The van der Waals surface area contributed by atoms with E-state index in [1.54, 1.807) is 26.0 Å². The number of amides is 5. The van der Waals surface area contributed by atoms with Crippen LogP contribution in [-0.4, -0.2) is 113 Å². The van der Waals surface area contributed by atoms with Gasteiger partial charge in [-0.15, -0.1) is 11.3 Å². The number of carbonyl (C=O) groups is 7. The van der Waals surface area contributed by atoms with Crippen molar-refractivity contribution < 1.29 is 52.9 Å². The number of nitrogens with one attached hydrogen (secondary N) is 4. The molecule has 1 aliphatic rings. The summed E-state index contributed by atoms with van der Waals surface area (Å²) in [5, 5.41) is 17.6. The van der Waals surface area contributed by atoms with E-state index in [9.17, 15) is 38.7 Å². The molecule has 1 aromatic heterocycles. The van der Waals surface area contributed by atoms with Gasteiger partial charge in [0.15, 0.2) is 12.8 Å². The van der Waals surface area contributed by atoms with Gasteiger partial charge in [0.2, 0.25) is 17.7 Å². The molecule has 2 heterocycles. The van der Waals surface area contributed by atoms with E-state index in [2.05, 4.69) is 26.5 Å². The fourth-order valence-corrected chi connectivity index (χ4v) is 8.32. The largest absolute Gasteiger partial charge is 0.508 e. The number of phenolic OH excluding ortho intramolecular Hbond substituents is 1. The summed E-state index contributed by atoms with van der Waals surface area (Å²) in [4.78, 5) is 101. The minimum atomic E-state index is -1.03. The number of carbonyl (C=O) groups excluding carboxylic acids is 7. The molecule has 5 amide bonds. The Kier molecular flexibility index (Phi) is 21.9.